The van der Waals surface area contributed by atoms with E-state index in [4.69, 9.17) is 14.6 Å². The first-order valence-electron chi connectivity index (χ1n) is 13.3. The molecule has 0 spiro atoms. The molecule has 210 valence electrons. The van der Waals surface area contributed by atoms with Crippen LogP contribution < -0.4 is 4.90 Å². The minimum atomic E-state index is -1.02. The molecule has 2 fully saturated rings. The Hall–Kier alpha value is -3.66. The van der Waals surface area contributed by atoms with Crippen molar-refractivity contribution in [1.29, 1.82) is 0 Å². The van der Waals surface area contributed by atoms with Crippen molar-refractivity contribution in [3.8, 4) is 0 Å². The molecule has 0 saturated carbocycles. The van der Waals surface area contributed by atoms with Gasteiger partial charge in [-0.1, -0.05) is 36.4 Å². The lowest BCUT2D eigenvalue weighted by atomic mass is 9.78. The minimum absolute atomic E-state index is 0.102. The summed E-state index contributed by atoms with van der Waals surface area (Å²) in [6.07, 6.45) is 1.20. The van der Waals surface area contributed by atoms with E-state index in [1.165, 1.54) is 36.4 Å². The number of benzene rings is 3. The summed E-state index contributed by atoms with van der Waals surface area (Å²) in [5, 5.41) is 19.6. The Labute approximate surface area is 231 Å². The van der Waals surface area contributed by atoms with Gasteiger partial charge in [0.25, 0.3) is 0 Å². The predicted molar refractivity (Wildman–Crippen MR) is 143 cm³/mol. The van der Waals surface area contributed by atoms with Crippen molar-refractivity contribution in [2.24, 2.45) is 5.92 Å². The molecule has 2 saturated heterocycles. The van der Waals surface area contributed by atoms with Crippen molar-refractivity contribution in [3.63, 3.8) is 0 Å². The summed E-state index contributed by atoms with van der Waals surface area (Å²) < 4.78 is 37.7. The van der Waals surface area contributed by atoms with Crippen LogP contribution in [-0.4, -0.2) is 47.5 Å². The topological polar surface area (TPSA) is 96.3 Å². The summed E-state index contributed by atoms with van der Waals surface area (Å²) in [6, 6.07) is 19.1. The number of carboxylic acid groups (broad SMARTS) is 1. The number of carboxylic acids is 1. The van der Waals surface area contributed by atoms with Crippen LogP contribution in [0.3, 0.4) is 0 Å². The Bertz CT molecular complexity index is 1330. The van der Waals surface area contributed by atoms with E-state index in [0.717, 1.165) is 11.1 Å². The number of aliphatic hydroxyl groups excluding tert-OH is 1. The second-order valence-electron chi connectivity index (χ2n) is 10.5. The van der Waals surface area contributed by atoms with Crippen LogP contribution in [0.5, 0.6) is 0 Å². The predicted octanol–water partition coefficient (Wildman–Crippen LogP) is 4.99. The number of aliphatic hydroxyl groups is 1. The van der Waals surface area contributed by atoms with Gasteiger partial charge in [0, 0.05) is 5.69 Å². The lowest BCUT2D eigenvalue weighted by molar-refractivity contribution is -0.216. The van der Waals surface area contributed by atoms with Gasteiger partial charge in [-0.15, -0.1) is 0 Å². The maximum atomic E-state index is 13.6. The van der Waals surface area contributed by atoms with E-state index < -0.39 is 23.5 Å². The molecule has 0 aromatic heterocycles. The van der Waals surface area contributed by atoms with Crippen molar-refractivity contribution in [3.05, 3.63) is 101 Å². The number of ether oxygens (including phenoxy) is 2. The molecule has 0 bridgehead atoms. The van der Waals surface area contributed by atoms with E-state index in [0.29, 0.717) is 50.1 Å². The van der Waals surface area contributed by atoms with Crippen LogP contribution in [0.2, 0.25) is 0 Å². The van der Waals surface area contributed by atoms with Crippen LogP contribution in [-0.2, 0) is 25.5 Å². The first-order valence-corrected chi connectivity index (χ1v) is 13.3. The molecule has 7 nitrogen and oxygen atoms in total. The summed E-state index contributed by atoms with van der Waals surface area (Å²) in [4.78, 5) is 25.9. The van der Waals surface area contributed by atoms with E-state index >= 15 is 0 Å². The first-order chi connectivity index (χ1) is 19.2. The van der Waals surface area contributed by atoms with Crippen molar-refractivity contribution in [2.45, 2.75) is 43.4 Å². The Morgan fingerprint density at radius 3 is 2.20 bits per heavy atom. The molecule has 2 aliphatic rings. The SMILES string of the molecule is O=C(O)COC1(CCc2ccc([C@@H]3[C@@H](CC[C@H](O)c4ccc(F)cc4)C(=O)N3c3ccc(F)cc3)cc2)COC1. The molecule has 2 aliphatic heterocycles. The van der Waals surface area contributed by atoms with Crippen molar-refractivity contribution in [2.75, 3.05) is 24.7 Å². The highest BCUT2D eigenvalue weighted by Crippen LogP contribution is 2.46. The van der Waals surface area contributed by atoms with E-state index in [-0.39, 0.29) is 30.3 Å². The maximum Gasteiger partial charge on any atom is 0.329 e. The molecule has 0 aliphatic carbocycles. The van der Waals surface area contributed by atoms with Gasteiger partial charge in [-0.2, -0.15) is 0 Å². The van der Waals surface area contributed by atoms with Crippen molar-refractivity contribution in [1.82, 2.24) is 0 Å². The molecule has 3 atom stereocenters. The van der Waals surface area contributed by atoms with Crippen LogP contribution in [0.1, 0.15) is 48.1 Å². The van der Waals surface area contributed by atoms with Gasteiger partial charge in [-0.3, -0.25) is 4.79 Å². The fourth-order valence-corrected chi connectivity index (χ4v) is 5.39. The van der Waals surface area contributed by atoms with Gasteiger partial charge < -0.3 is 24.6 Å². The molecule has 0 unspecified atom stereocenters. The van der Waals surface area contributed by atoms with Crippen LogP contribution >= 0.6 is 0 Å². The summed E-state index contributed by atoms with van der Waals surface area (Å²) in [5.41, 5.74) is 2.55. The minimum Gasteiger partial charge on any atom is -0.480 e. The molecule has 0 radical (unpaired) electrons. The summed E-state index contributed by atoms with van der Waals surface area (Å²) >= 11 is 0. The average Bonchev–Trinajstić information content (AvgIpc) is 2.92. The average molecular weight is 552 g/mol. The Morgan fingerprint density at radius 1 is 1.00 bits per heavy atom. The summed E-state index contributed by atoms with van der Waals surface area (Å²) in [6.45, 7) is 0.357. The molecule has 1 amide bonds. The van der Waals surface area contributed by atoms with E-state index in [1.54, 1.807) is 17.0 Å². The summed E-state index contributed by atoms with van der Waals surface area (Å²) in [7, 11) is 0. The molecule has 2 heterocycles. The monoisotopic (exact) mass is 551 g/mol. The molecule has 2 N–H and O–H groups in total. The number of nitrogens with zero attached hydrogens (tertiary/aromatic N) is 1. The van der Waals surface area contributed by atoms with Gasteiger partial charge in [0.15, 0.2) is 0 Å². The van der Waals surface area contributed by atoms with Gasteiger partial charge >= 0.3 is 5.97 Å². The summed E-state index contributed by atoms with van der Waals surface area (Å²) in [5.74, 6) is -2.28. The maximum absolute atomic E-state index is 13.6. The van der Waals surface area contributed by atoms with E-state index in [1.807, 2.05) is 24.3 Å². The highest BCUT2D eigenvalue weighted by Gasteiger charge is 2.48. The third-order valence-electron chi connectivity index (χ3n) is 7.75. The quantitative estimate of drug-likeness (QED) is 0.308. The van der Waals surface area contributed by atoms with Crippen LogP contribution in [0.15, 0.2) is 72.8 Å². The number of carbonyl (C=O) groups excluding carboxylic acids is 1. The second kappa shape index (κ2) is 11.8. The Kier molecular flexibility index (Phi) is 8.25. The van der Waals surface area contributed by atoms with Crippen molar-refractivity contribution < 1.29 is 38.1 Å². The lowest BCUT2D eigenvalue weighted by Gasteiger charge is -2.48. The number of aryl methyl sites for hydroxylation is 1. The third-order valence-corrected chi connectivity index (χ3v) is 7.75. The molecule has 9 heteroatoms. The molecule has 3 aromatic carbocycles. The zero-order valence-electron chi connectivity index (χ0n) is 21.8. The molecule has 5 rings (SSSR count). The van der Waals surface area contributed by atoms with Gasteiger partial charge in [0.05, 0.1) is 31.3 Å². The zero-order valence-corrected chi connectivity index (χ0v) is 21.8. The van der Waals surface area contributed by atoms with Gasteiger partial charge in [0.2, 0.25) is 5.91 Å². The normalized spacial score (nSPS) is 20.5. The number of β-lactam (4-membered cyclic amide) rings is 1. The second-order valence-corrected chi connectivity index (χ2v) is 10.5. The number of aliphatic carboxylic acids is 1. The molecule has 3 aromatic rings. The van der Waals surface area contributed by atoms with E-state index in [2.05, 4.69) is 0 Å². The largest absolute Gasteiger partial charge is 0.480 e. The number of hydrogen-bond donors (Lipinski definition) is 2. The molecular weight excluding hydrogens is 520 g/mol. The number of rotatable bonds is 12. The zero-order chi connectivity index (χ0) is 28.3. The van der Waals surface area contributed by atoms with Crippen LogP contribution in [0, 0.1) is 17.6 Å². The standard InChI is InChI=1S/C31H31F2NO6/c32-23-7-5-21(6-8-23)27(35)14-13-26-29(34(30(26)38)25-11-9-24(33)10-12-25)22-3-1-20(2-4-22)15-16-31(18-39-19-31)40-17-28(36)37/h1-12,26-27,29,35H,13-19H2,(H,36,37)/t26-,27+,29-/m1/s1. The number of amides is 1. The highest BCUT2D eigenvalue weighted by molar-refractivity contribution is 6.03. The number of carbonyl (C=O) groups is 2. The fraction of sp³-hybridized carbons (Fsp3) is 0.355. The van der Waals surface area contributed by atoms with Gasteiger partial charge in [0.1, 0.15) is 23.8 Å². The number of hydrogen-bond acceptors (Lipinski definition) is 5. The third kappa shape index (κ3) is 6.06. The molecule has 40 heavy (non-hydrogen) atoms. The first kappa shape index (κ1) is 27.9. The Morgan fingerprint density at radius 2 is 1.62 bits per heavy atom. The fourth-order valence-electron chi connectivity index (χ4n) is 5.39. The van der Waals surface area contributed by atoms with Gasteiger partial charge in [-0.25, -0.2) is 13.6 Å². The smallest absolute Gasteiger partial charge is 0.329 e. The van der Waals surface area contributed by atoms with E-state index in [9.17, 15) is 23.5 Å². The number of anilines is 1. The highest BCUT2D eigenvalue weighted by atomic mass is 19.1. The van der Waals surface area contributed by atoms with Gasteiger partial charge in [-0.05, 0) is 78.8 Å². The number of halogens is 2. The lowest BCUT2D eigenvalue weighted by Crippen LogP contribution is -2.55. The van der Waals surface area contributed by atoms with Crippen molar-refractivity contribution >= 4 is 17.6 Å². The van der Waals surface area contributed by atoms with Crippen LogP contribution in [0.4, 0.5) is 14.5 Å². The molecular formula is C31H31F2NO6. The van der Waals surface area contributed by atoms with Crippen LogP contribution in [0.25, 0.3) is 0 Å². The Balaban J connectivity index is 1.29.